The number of nitrogens with one attached hydrogen (secondary N) is 1. The van der Waals surface area contributed by atoms with E-state index in [4.69, 9.17) is 4.74 Å². The van der Waals surface area contributed by atoms with Gasteiger partial charge in [0.25, 0.3) is 11.8 Å². The molecule has 6 nitrogen and oxygen atoms in total. The summed E-state index contributed by atoms with van der Waals surface area (Å²) in [6, 6.07) is 18.8. The van der Waals surface area contributed by atoms with E-state index in [1.54, 1.807) is 55.5 Å². The first-order valence-electron chi connectivity index (χ1n) is 10.9. The molecule has 1 aliphatic heterocycles. The number of carbonyl (C=O) groups excluding carboxylic acids is 3. The zero-order valence-electron chi connectivity index (χ0n) is 19.1. The number of rotatable bonds is 6. The van der Waals surface area contributed by atoms with Crippen molar-refractivity contribution in [2.45, 2.75) is 39.7 Å². The number of nitrogens with zero attached hydrogens (tertiary/aromatic N) is 1. The van der Waals surface area contributed by atoms with Crippen LogP contribution in [-0.2, 0) is 4.79 Å². The van der Waals surface area contributed by atoms with Gasteiger partial charge in [-0.05, 0) is 73.4 Å². The quantitative estimate of drug-likeness (QED) is 0.509. The number of imide groups is 1. The van der Waals surface area contributed by atoms with Crippen molar-refractivity contribution in [2.24, 2.45) is 0 Å². The lowest BCUT2D eigenvalue weighted by Gasteiger charge is -2.21. The Balaban J connectivity index is 1.45. The monoisotopic (exact) mass is 442 g/mol. The summed E-state index contributed by atoms with van der Waals surface area (Å²) in [5.41, 5.74) is 3.42. The second-order valence-electron chi connectivity index (χ2n) is 8.51. The normalized spacial score (nSPS) is 13.8. The Morgan fingerprint density at radius 2 is 1.48 bits per heavy atom. The molecule has 1 atom stereocenters. The average Bonchev–Trinajstić information content (AvgIpc) is 3.04. The summed E-state index contributed by atoms with van der Waals surface area (Å²) in [4.78, 5) is 39.1. The molecule has 0 aromatic heterocycles. The van der Waals surface area contributed by atoms with Gasteiger partial charge in [-0.25, -0.2) is 0 Å². The van der Waals surface area contributed by atoms with Crippen LogP contribution in [0.25, 0.3) is 0 Å². The van der Waals surface area contributed by atoms with Gasteiger partial charge < -0.3 is 10.1 Å². The number of carbonyl (C=O) groups is 3. The van der Waals surface area contributed by atoms with Gasteiger partial charge in [0.1, 0.15) is 17.5 Å². The van der Waals surface area contributed by atoms with Crippen molar-refractivity contribution < 1.29 is 19.1 Å². The van der Waals surface area contributed by atoms with Crippen LogP contribution in [0.15, 0.2) is 66.7 Å². The maximum absolute atomic E-state index is 12.8. The van der Waals surface area contributed by atoms with Crippen molar-refractivity contribution in [1.29, 1.82) is 0 Å². The summed E-state index contributed by atoms with van der Waals surface area (Å²) in [7, 11) is 0. The van der Waals surface area contributed by atoms with Crippen LogP contribution < -0.4 is 10.1 Å². The van der Waals surface area contributed by atoms with E-state index in [9.17, 15) is 14.4 Å². The molecule has 0 aliphatic carbocycles. The lowest BCUT2D eigenvalue weighted by atomic mass is 10.0. The number of fused-ring (bicyclic) bond motifs is 1. The van der Waals surface area contributed by atoms with Gasteiger partial charge in [-0.15, -0.1) is 0 Å². The van der Waals surface area contributed by atoms with Gasteiger partial charge in [-0.2, -0.15) is 0 Å². The number of ether oxygens (including phenoxy) is 1. The van der Waals surface area contributed by atoms with Crippen LogP contribution in [-0.4, -0.2) is 28.7 Å². The SMILES string of the molecule is Cc1ccc(C(C)C)c(Oc2ccc(NC(=O)[C@@H](C)N3C(=O)c4ccccc4C3=O)cc2)c1. The average molecular weight is 443 g/mol. The molecule has 33 heavy (non-hydrogen) atoms. The summed E-state index contributed by atoms with van der Waals surface area (Å²) < 4.78 is 6.09. The van der Waals surface area contributed by atoms with Gasteiger partial charge in [0.05, 0.1) is 11.1 Å². The fourth-order valence-electron chi connectivity index (χ4n) is 3.86. The van der Waals surface area contributed by atoms with Crippen LogP contribution in [0.2, 0.25) is 0 Å². The van der Waals surface area contributed by atoms with E-state index >= 15 is 0 Å². The number of aryl methyl sites for hydroxylation is 1. The minimum atomic E-state index is -0.950. The molecule has 0 fully saturated rings. The molecule has 3 aromatic carbocycles. The Hall–Kier alpha value is -3.93. The molecular formula is C27H26N2O4. The molecule has 0 saturated heterocycles. The fraction of sp³-hybridized carbons (Fsp3) is 0.222. The van der Waals surface area contributed by atoms with Crippen molar-refractivity contribution in [3.8, 4) is 11.5 Å². The molecule has 168 valence electrons. The number of hydrogen-bond acceptors (Lipinski definition) is 4. The molecule has 0 spiro atoms. The lowest BCUT2D eigenvalue weighted by molar-refractivity contribution is -0.119. The molecule has 4 rings (SSSR count). The highest BCUT2D eigenvalue weighted by Crippen LogP contribution is 2.32. The largest absolute Gasteiger partial charge is 0.457 e. The maximum Gasteiger partial charge on any atom is 0.262 e. The lowest BCUT2D eigenvalue weighted by Crippen LogP contribution is -2.45. The molecule has 3 aromatic rings. The molecule has 0 unspecified atom stereocenters. The third-order valence-electron chi connectivity index (χ3n) is 5.73. The van der Waals surface area contributed by atoms with Crippen molar-refractivity contribution in [2.75, 3.05) is 5.32 Å². The van der Waals surface area contributed by atoms with E-state index in [-0.39, 0.29) is 0 Å². The van der Waals surface area contributed by atoms with E-state index in [2.05, 4.69) is 31.3 Å². The predicted molar refractivity (Wildman–Crippen MR) is 127 cm³/mol. The molecule has 1 heterocycles. The fourth-order valence-corrected chi connectivity index (χ4v) is 3.86. The van der Waals surface area contributed by atoms with Crippen LogP contribution in [0.3, 0.4) is 0 Å². The standard InChI is InChI=1S/C27H26N2O4/c1-16(2)21-14-9-17(3)15-24(21)33-20-12-10-19(11-13-20)28-25(30)18(4)29-26(31)22-7-5-6-8-23(22)27(29)32/h5-16,18H,1-4H3,(H,28,30)/t18-/m1/s1. The highest BCUT2D eigenvalue weighted by atomic mass is 16.5. The van der Waals surface area contributed by atoms with Gasteiger partial charge in [0.2, 0.25) is 5.91 Å². The number of hydrogen-bond donors (Lipinski definition) is 1. The third kappa shape index (κ3) is 4.37. The van der Waals surface area contributed by atoms with Gasteiger partial charge in [0.15, 0.2) is 0 Å². The molecule has 0 radical (unpaired) electrons. The third-order valence-corrected chi connectivity index (χ3v) is 5.73. The Morgan fingerprint density at radius 1 is 0.879 bits per heavy atom. The predicted octanol–water partition coefficient (Wildman–Crippen LogP) is 5.53. The summed E-state index contributed by atoms with van der Waals surface area (Å²) in [6.45, 7) is 7.79. The first-order chi connectivity index (χ1) is 15.8. The van der Waals surface area contributed by atoms with Crippen molar-refractivity contribution >= 4 is 23.4 Å². The molecule has 6 heteroatoms. The van der Waals surface area contributed by atoms with E-state index in [0.717, 1.165) is 21.8 Å². The van der Waals surface area contributed by atoms with E-state index in [1.807, 2.05) is 13.0 Å². The second-order valence-corrected chi connectivity index (χ2v) is 8.51. The van der Waals surface area contributed by atoms with E-state index in [0.29, 0.717) is 28.5 Å². The van der Waals surface area contributed by atoms with Crippen molar-refractivity contribution in [3.63, 3.8) is 0 Å². The van der Waals surface area contributed by atoms with Crippen LogP contribution in [0.4, 0.5) is 5.69 Å². The minimum Gasteiger partial charge on any atom is -0.457 e. The minimum absolute atomic E-state index is 0.320. The molecule has 3 amide bonds. The molecule has 0 bridgehead atoms. The van der Waals surface area contributed by atoms with Crippen molar-refractivity contribution in [3.05, 3.63) is 89.0 Å². The van der Waals surface area contributed by atoms with Gasteiger partial charge in [-0.1, -0.05) is 38.1 Å². The van der Waals surface area contributed by atoms with E-state index in [1.165, 1.54) is 0 Å². The maximum atomic E-state index is 12.8. The van der Waals surface area contributed by atoms with Crippen molar-refractivity contribution in [1.82, 2.24) is 4.90 Å². The van der Waals surface area contributed by atoms with Crippen LogP contribution in [0, 0.1) is 6.92 Å². The second kappa shape index (κ2) is 8.90. The first kappa shape index (κ1) is 22.3. The summed E-state index contributed by atoms with van der Waals surface area (Å²) in [6.07, 6.45) is 0. The smallest absolute Gasteiger partial charge is 0.262 e. The number of benzene rings is 3. The number of anilines is 1. The summed E-state index contributed by atoms with van der Waals surface area (Å²) in [5, 5.41) is 2.78. The number of amides is 3. The zero-order chi connectivity index (χ0) is 23.7. The van der Waals surface area contributed by atoms with Gasteiger partial charge in [0, 0.05) is 5.69 Å². The Morgan fingerprint density at radius 3 is 2.06 bits per heavy atom. The van der Waals surface area contributed by atoms with Gasteiger partial charge in [-0.3, -0.25) is 19.3 Å². The molecular weight excluding hydrogens is 416 g/mol. The Bertz CT molecular complexity index is 1200. The topological polar surface area (TPSA) is 75.7 Å². The van der Waals surface area contributed by atoms with Gasteiger partial charge >= 0.3 is 0 Å². The highest BCUT2D eigenvalue weighted by Gasteiger charge is 2.40. The highest BCUT2D eigenvalue weighted by molar-refractivity contribution is 6.23. The van der Waals surface area contributed by atoms with Crippen LogP contribution in [0.5, 0.6) is 11.5 Å². The molecule has 0 saturated carbocycles. The summed E-state index contributed by atoms with van der Waals surface area (Å²) in [5.74, 6) is 0.416. The van der Waals surface area contributed by atoms with E-state index < -0.39 is 23.8 Å². The summed E-state index contributed by atoms with van der Waals surface area (Å²) >= 11 is 0. The molecule has 1 N–H and O–H groups in total. The molecule has 1 aliphatic rings. The zero-order valence-corrected chi connectivity index (χ0v) is 19.1. The van der Waals surface area contributed by atoms with Crippen LogP contribution in [0.1, 0.15) is 58.5 Å². The van der Waals surface area contributed by atoms with Crippen LogP contribution >= 0.6 is 0 Å². The Labute approximate surface area is 193 Å². The first-order valence-corrected chi connectivity index (χ1v) is 10.9. The Kier molecular flexibility index (Phi) is 6.01.